The molecule has 9 atom stereocenters. The van der Waals surface area contributed by atoms with Crippen molar-refractivity contribution in [3.05, 3.63) is 29.7 Å². The van der Waals surface area contributed by atoms with Crippen LogP contribution in [0.4, 0.5) is 0 Å². The molecule has 0 aliphatic heterocycles. The van der Waals surface area contributed by atoms with Crippen molar-refractivity contribution >= 4 is 15.2 Å². The fourth-order valence-corrected chi connectivity index (χ4v) is 24.5. The maximum atomic E-state index is 2.91. The minimum Gasteiger partial charge on any atom is -0.358 e. The summed E-state index contributed by atoms with van der Waals surface area (Å²) in [6.45, 7) is 19.3. The summed E-state index contributed by atoms with van der Waals surface area (Å²) in [5, 5.41) is 0. The smallest absolute Gasteiger partial charge is 0.358 e. The number of hydrogen-bond donors (Lipinski definition) is 0. The quantitative estimate of drug-likeness (QED) is 0.215. The molecule has 4 fully saturated rings. The van der Waals surface area contributed by atoms with Gasteiger partial charge in [-0.2, -0.15) is 0 Å². The van der Waals surface area contributed by atoms with E-state index in [0.717, 1.165) is 52.5 Å². The molecular formula is C31H64Si2Zr. The van der Waals surface area contributed by atoms with Gasteiger partial charge in [0.15, 0.2) is 0 Å². The van der Waals surface area contributed by atoms with E-state index in [1.54, 1.807) is 51.4 Å². The number of unbranched alkanes of at least 4 members (excludes halogenated alkanes) is 1. The molecule has 4 rings (SSSR count). The Bertz CT molecular complexity index is 574. The third-order valence-corrected chi connectivity index (χ3v) is 32.7. The molecule has 0 spiro atoms. The van der Waals surface area contributed by atoms with Crippen molar-refractivity contribution in [3.63, 3.8) is 0 Å². The summed E-state index contributed by atoms with van der Waals surface area (Å²) in [7, 11) is -2.41. The third-order valence-electron chi connectivity index (χ3n) is 11.9. The van der Waals surface area contributed by atoms with Gasteiger partial charge in [-0.15, -0.1) is 0 Å². The van der Waals surface area contributed by atoms with Gasteiger partial charge in [0.1, 0.15) is 0 Å². The first-order chi connectivity index (χ1) is 13.7. The molecule has 0 N–H and O–H groups in total. The molecule has 0 aromatic rings. The van der Waals surface area contributed by atoms with Crippen LogP contribution in [0, 0.1) is 71.1 Å². The first-order valence-corrected chi connectivity index (χ1v) is 20.8. The predicted octanol–water partition coefficient (Wildman–Crippen LogP) is 10.7. The number of hydrogen-bond acceptors (Lipinski definition) is 0. The van der Waals surface area contributed by atoms with Gasteiger partial charge in [0.2, 0.25) is 0 Å². The van der Waals surface area contributed by atoms with Crippen LogP contribution in [0.2, 0.25) is 37.3 Å². The Morgan fingerprint density at radius 3 is 1.97 bits per heavy atom. The predicted molar refractivity (Wildman–Crippen MR) is 160 cm³/mol. The van der Waals surface area contributed by atoms with Crippen LogP contribution in [0.3, 0.4) is 0 Å². The second-order valence-electron chi connectivity index (χ2n) is 13.5. The Labute approximate surface area is 239 Å². The standard InChI is InChI=1S/C27H52Si2.4CH3.Zr/c1-8-9-11-21-14-15-23(17-21)28(4,5)29(6,7)27-19(2)16-25-20(3)24-13-10-12-22(24)18-26(25)27;;;;;/h19-27H,8-18H2,1-7H3;4*1H3;/q;4*-1;+4. The molecule has 0 nitrogen and oxygen atoms in total. The van der Waals surface area contributed by atoms with Gasteiger partial charge < -0.3 is 29.7 Å². The SMILES string of the molecule is CCCCC1CCC([Si](C)(C)[Si](C)(C)C2C(C)CC3C(C)C4CCCC4CC32)C1.[CH3-].[CH3-].[CH3-].[CH3-].[Zr+4]. The Kier molecular flexibility index (Phi) is 15.9. The van der Waals surface area contributed by atoms with Crippen molar-refractivity contribution in [1.82, 2.24) is 0 Å². The monoisotopic (exact) mass is 582 g/mol. The minimum atomic E-state index is -1.23. The molecule has 3 heteroatoms. The maximum absolute atomic E-state index is 2.91. The maximum Gasteiger partial charge on any atom is 4.00 e. The van der Waals surface area contributed by atoms with Crippen molar-refractivity contribution in [2.75, 3.05) is 0 Å². The fourth-order valence-electron chi connectivity index (χ4n) is 9.77. The average Bonchev–Trinajstić information content (AvgIpc) is 3.38. The molecule has 200 valence electrons. The van der Waals surface area contributed by atoms with Crippen LogP contribution in [-0.4, -0.2) is 15.2 Å². The molecule has 0 saturated heterocycles. The van der Waals surface area contributed by atoms with E-state index >= 15 is 0 Å². The van der Waals surface area contributed by atoms with Gasteiger partial charge in [0, 0.05) is 15.2 Å². The first-order valence-electron chi connectivity index (χ1n) is 13.7. The summed E-state index contributed by atoms with van der Waals surface area (Å²) in [6, 6.07) is 0. The van der Waals surface area contributed by atoms with E-state index < -0.39 is 15.2 Å². The molecule has 4 aliphatic rings. The summed E-state index contributed by atoms with van der Waals surface area (Å²) in [4.78, 5) is 0. The van der Waals surface area contributed by atoms with Crippen LogP contribution in [0.25, 0.3) is 0 Å². The summed E-state index contributed by atoms with van der Waals surface area (Å²) in [5.41, 5.74) is 2.30. The van der Waals surface area contributed by atoms with E-state index in [0.29, 0.717) is 0 Å². The zero-order chi connectivity index (χ0) is 21.0. The Morgan fingerprint density at radius 1 is 0.706 bits per heavy atom. The molecule has 4 saturated carbocycles. The molecule has 34 heavy (non-hydrogen) atoms. The molecule has 0 bridgehead atoms. The van der Waals surface area contributed by atoms with Crippen molar-refractivity contribution in [3.8, 4) is 0 Å². The summed E-state index contributed by atoms with van der Waals surface area (Å²) >= 11 is 0. The Morgan fingerprint density at radius 2 is 1.35 bits per heavy atom. The second-order valence-corrected chi connectivity index (χ2v) is 29.6. The van der Waals surface area contributed by atoms with E-state index in [9.17, 15) is 0 Å². The summed E-state index contributed by atoms with van der Waals surface area (Å²) < 4.78 is 0. The van der Waals surface area contributed by atoms with Gasteiger partial charge in [-0.3, -0.25) is 0 Å². The Balaban J connectivity index is 0. The second kappa shape index (κ2) is 14.5. The van der Waals surface area contributed by atoms with Crippen molar-refractivity contribution < 1.29 is 26.2 Å². The van der Waals surface area contributed by atoms with E-state index in [-0.39, 0.29) is 55.9 Å². The van der Waals surface area contributed by atoms with Crippen LogP contribution < -0.4 is 0 Å². The third kappa shape index (κ3) is 6.47. The molecular weight excluding hydrogens is 520 g/mol. The number of fused-ring (bicyclic) bond motifs is 2. The van der Waals surface area contributed by atoms with Crippen molar-refractivity contribution in [2.24, 2.45) is 41.4 Å². The van der Waals surface area contributed by atoms with Gasteiger partial charge >= 0.3 is 26.2 Å². The van der Waals surface area contributed by atoms with Crippen LogP contribution in [-0.2, 0) is 26.2 Å². The van der Waals surface area contributed by atoms with Crippen LogP contribution in [0.1, 0.15) is 91.4 Å². The van der Waals surface area contributed by atoms with E-state index in [4.69, 9.17) is 0 Å². The topological polar surface area (TPSA) is 0 Å². The van der Waals surface area contributed by atoms with E-state index in [1.807, 2.05) is 0 Å². The largest absolute Gasteiger partial charge is 4.00 e. The zero-order valence-corrected chi connectivity index (χ0v) is 29.9. The van der Waals surface area contributed by atoms with Crippen LogP contribution in [0.5, 0.6) is 0 Å². The normalized spacial score (nSPS) is 38.7. The van der Waals surface area contributed by atoms with Gasteiger partial charge in [0.05, 0.1) is 0 Å². The molecule has 0 amide bonds. The molecule has 4 aliphatic carbocycles. The molecule has 0 radical (unpaired) electrons. The fraction of sp³-hybridized carbons (Fsp3) is 0.871. The molecule has 0 aromatic carbocycles. The van der Waals surface area contributed by atoms with Crippen molar-refractivity contribution in [2.45, 2.75) is 129 Å². The first kappa shape index (κ1) is 37.5. The van der Waals surface area contributed by atoms with Gasteiger partial charge in [-0.1, -0.05) is 98.3 Å². The van der Waals surface area contributed by atoms with Gasteiger partial charge in [0.25, 0.3) is 0 Å². The van der Waals surface area contributed by atoms with Crippen LogP contribution >= 0.6 is 0 Å². The van der Waals surface area contributed by atoms with Crippen molar-refractivity contribution in [1.29, 1.82) is 0 Å². The number of rotatable bonds is 6. The summed E-state index contributed by atoms with van der Waals surface area (Å²) in [6.07, 6.45) is 17.1. The van der Waals surface area contributed by atoms with Gasteiger partial charge in [-0.05, 0) is 71.8 Å². The Hall–Kier alpha value is 1.32. The van der Waals surface area contributed by atoms with Crippen LogP contribution in [0.15, 0.2) is 0 Å². The van der Waals surface area contributed by atoms with E-state index in [2.05, 4.69) is 47.0 Å². The molecule has 0 aromatic heterocycles. The minimum absolute atomic E-state index is 0. The molecule has 0 heterocycles. The molecule has 9 unspecified atom stereocenters. The zero-order valence-electron chi connectivity index (χ0n) is 25.5. The summed E-state index contributed by atoms with van der Waals surface area (Å²) in [5.74, 6) is 7.56. The van der Waals surface area contributed by atoms with Gasteiger partial charge in [-0.25, -0.2) is 0 Å². The average molecular weight is 584 g/mol. The van der Waals surface area contributed by atoms with E-state index in [1.165, 1.54) is 19.3 Å².